The van der Waals surface area contributed by atoms with Gasteiger partial charge in [0.2, 0.25) is 0 Å². The zero-order valence-corrected chi connectivity index (χ0v) is 8.67. The summed E-state index contributed by atoms with van der Waals surface area (Å²) in [6.45, 7) is 0.153. The predicted octanol–water partition coefficient (Wildman–Crippen LogP) is 0.0376. The van der Waals surface area contributed by atoms with E-state index in [1.165, 1.54) is 6.07 Å². The second kappa shape index (κ2) is 6.16. The second-order valence-corrected chi connectivity index (χ2v) is 3.35. The Morgan fingerprint density at radius 3 is 2.75 bits per heavy atom. The van der Waals surface area contributed by atoms with Gasteiger partial charge in [-0.1, -0.05) is 18.2 Å². The van der Waals surface area contributed by atoms with Gasteiger partial charge in [0.05, 0.1) is 17.6 Å². The van der Waals surface area contributed by atoms with Crippen LogP contribution in [0.25, 0.3) is 0 Å². The first-order valence-corrected chi connectivity index (χ1v) is 4.87. The van der Waals surface area contributed by atoms with Crippen LogP contribution in [0.1, 0.15) is 5.56 Å². The third kappa shape index (κ3) is 3.58. The van der Waals surface area contributed by atoms with Crippen LogP contribution in [0.15, 0.2) is 24.3 Å². The van der Waals surface area contributed by atoms with Gasteiger partial charge >= 0.3 is 0 Å². The summed E-state index contributed by atoms with van der Waals surface area (Å²) in [7, 11) is 0. The van der Waals surface area contributed by atoms with Crippen molar-refractivity contribution in [2.45, 2.75) is 12.6 Å². The molecule has 0 aliphatic carbocycles. The molecule has 0 saturated carbocycles. The molecule has 1 aromatic carbocycles. The Labute approximate surface area is 92.7 Å². The number of rotatable bonds is 6. The topological polar surface area (TPSA) is 95.6 Å². The first kappa shape index (κ1) is 12.6. The summed E-state index contributed by atoms with van der Waals surface area (Å²) in [4.78, 5) is 10.2. The molecule has 0 heterocycles. The van der Waals surface area contributed by atoms with Crippen LogP contribution in [-0.4, -0.2) is 34.4 Å². The molecule has 88 valence electrons. The fourth-order valence-electron chi connectivity index (χ4n) is 1.28. The summed E-state index contributed by atoms with van der Waals surface area (Å²) in [5.74, 6) is 0. The van der Waals surface area contributed by atoms with E-state index in [9.17, 15) is 10.1 Å². The van der Waals surface area contributed by atoms with Crippen LogP contribution in [0, 0.1) is 10.1 Å². The van der Waals surface area contributed by atoms with Crippen LogP contribution in [0.4, 0.5) is 5.69 Å². The molecule has 0 saturated heterocycles. The van der Waals surface area contributed by atoms with E-state index in [0.29, 0.717) is 5.56 Å². The molecule has 6 nitrogen and oxygen atoms in total. The van der Waals surface area contributed by atoms with Crippen LogP contribution >= 0.6 is 0 Å². The van der Waals surface area contributed by atoms with E-state index >= 15 is 0 Å². The summed E-state index contributed by atoms with van der Waals surface area (Å²) in [6.07, 6.45) is -0.845. The van der Waals surface area contributed by atoms with Crippen molar-refractivity contribution in [1.82, 2.24) is 5.32 Å². The number of nitrogens with one attached hydrogen (secondary N) is 1. The maximum atomic E-state index is 10.7. The molecular formula is C10H14N2O4. The first-order chi connectivity index (χ1) is 7.65. The van der Waals surface area contributed by atoms with Gasteiger partial charge in [-0.15, -0.1) is 0 Å². The largest absolute Gasteiger partial charge is 0.394 e. The second-order valence-electron chi connectivity index (χ2n) is 3.35. The predicted molar refractivity (Wildman–Crippen MR) is 57.9 cm³/mol. The first-order valence-electron chi connectivity index (χ1n) is 4.87. The lowest BCUT2D eigenvalue weighted by molar-refractivity contribution is -0.385. The molecular weight excluding hydrogens is 212 g/mol. The van der Waals surface area contributed by atoms with Crippen molar-refractivity contribution in [3.05, 3.63) is 39.9 Å². The number of aliphatic hydroxyl groups is 2. The van der Waals surface area contributed by atoms with Gasteiger partial charge in [0.1, 0.15) is 0 Å². The molecule has 3 N–H and O–H groups in total. The molecule has 0 bridgehead atoms. The van der Waals surface area contributed by atoms with Crippen LogP contribution in [0.5, 0.6) is 0 Å². The molecule has 16 heavy (non-hydrogen) atoms. The SMILES string of the molecule is O=[N+]([O-])c1ccccc1CNC[C@@H](O)CO. The average molecular weight is 226 g/mol. The minimum Gasteiger partial charge on any atom is -0.394 e. The monoisotopic (exact) mass is 226 g/mol. The number of para-hydroxylation sites is 1. The molecule has 0 aliphatic rings. The van der Waals surface area contributed by atoms with Crippen molar-refractivity contribution in [2.75, 3.05) is 13.2 Å². The summed E-state index contributed by atoms with van der Waals surface area (Å²) in [5.41, 5.74) is 0.603. The lowest BCUT2D eigenvalue weighted by Gasteiger charge is -2.08. The van der Waals surface area contributed by atoms with Gasteiger partial charge in [-0.25, -0.2) is 0 Å². The summed E-state index contributed by atoms with van der Waals surface area (Å²) < 4.78 is 0. The van der Waals surface area contributed by atoms with Crippen molar-refractivity contribution >= 4 is 5.69 Å². The van der Waals surface area contributed by atoms with E-state index < -0.39 is 11.0 Å². The maximum Gasteiger partial charge on any atom is 0.273 e. The fourth-order valence-corrected chi connectivity index (χ4v) is 1.28. The van der Waals surface area contributed by atoms with E-state index in [1.54, 1.807) is 18.2 Å². The van der Waals surface area contributed by atoms with Crippen LogP contribution in [0.3, 0.4) is 0 Å². The molecule has 0 aromatic heterocycles. The molecule has 0 amide bonds. The Kier molecular flexibility index (Phi) is 4.84. The third-order valence-electron chi connectivity index (χ3n) is 2.09. The zero-order chi connectivity index (χ0) is 12.0. The van der Waals surface area contributed by atoms with E-state index in [1.807, 2.05) is 0 Å². The molecule has 0 radical (unpaired) electrons. The minimum absolute atomic E-state index is 0.0495. The zero-order valence-electron chi connectivity index (χ0n) is 8.67. The molecule has 0 fully saturated rings. The minimum atomic E-state index is -0.845. The molecule has 1 aromatic rings. The van der Waals surface area contributed by atoms with Crippen molar-refractivity contribution < 1.29 is 15.1 Å². The number of nitrogens with zero attached hydrogens (tertiary/aromatic N) is 1. The normalized spacial score (nSPS) is 12.4. The molecule has 6 heteroatoms. The number of benzene rings is 1. The number of hydrogen-bond acceptors (Lipinski definition) is 5. The standard InChI is InChI=1S/C10H14N2O4/c13-7-9(14)6-11-5-8-3-1-2-4-10(8)12(15)16/h1-4,9,11,13-14H,5-7H2/t9-/m1/s1. The average Bonchev–Trinajstić information content (AvgIpc) is 2.29. The highest BCUT2D eigenvalue weighted by Crippen LogP contribution is 2.16. The highest BCUT2D eigenvalue weighted by molar-refractivity contribution is 5.39. The number of hydrogen-bond donors (Lipinski definition) is 3. The van der Waals surface area contributed by atoms with Gasteiger partial charge < -0.3 is 15.5 Å². The molecule has 1 rings (SSSR count). The highest BCUT2D eigenvalue weighted by Gasteiger charge is 2.11. The van der Waals surface area contributed by atoms with E-state index in [4.69, 9.17) is 10.2 Å². The smallest absolute Gasteiger partial charge is 0.273 e. The van der Waals surface area contributed by atoms with Gasteiger partial charge in [-0.2, -0.15) is 0 Å². The van der Waals surface area contributed by atoms with Crippen molar-refractivity contribution in [2.24, 2.45) is 0 Å². The van der Waals surface area contributed by atoms with Crippen LogP contribution in [0.2, 0.25) is 0 Å². The lowest BCUT2D eigenvalue weighted by Crippen LogP contribution is -2.29. The van der Waals surface area contributed by atoms with Crippen molar-refractivity contribution in [3.8, 4) is 0 Å². The third-order valence-corrected chi connectivity index (χ3v) is 2.09. The molecule has 0 aliphatic heterocycles. The van der Waals surface area contributed by atoms with Crippen LogP contribution in [-0.2, 0) is 6.54 Å². The van der Waals surface area contributed by atoms with Gasteiger partial charge in [-0.05, 0) is 0 Å². The van der Waals surface area contributed by atoms with E-state index in [-0.39, 0.29) is 25.4 Å². The fraction of sp³-hybridized carbons (Fsp3) is 0.400. The van der Waals surface area contributed by atoms with Crippen molar-refractivity contribution in [1.29, 1.82) is 0 Å². The molecule has 1 atom stereocenters. The Balaban J connectivity index is 2.56. The Hall–Kier alpha value is -1.50. The number of nitro benzene ring substituents is 1. The van der Waals surface area contributed by atoms with Gasteiger partial charge in [0.25, 0.3) is 5.69 Å². The summed E-state index contributed by atoms with van der Waals surface area (Å²) >= 11 is 0. The van der Waals surface area contributed by atoms with E-state index in [2.05, 4.69) is 5.32 Å². The van der Waals surface area contributed by atoms with Crippen molar-refractivity contribution in [3.63, 3.8) is 0 Å². The molecule has 0 unspecified atom stereocenters. The van der Waals surface area contributed by atoms with Crippen LogP contribution < -0.4 is 5.32 Å². The van der Waals surface area contributed by atoms with Gasteiger partial charge in [0, 0.05) is 24.7 Å². The highest BCUT2D eigenvalue weighted by atomic mass is 16.6. The lowest BCUT2D eigenvalue weighted by atomic mass is 10.2. The van der Waals surface area contributed by atoms with Gasteiger partial charge in [-0.3, -0.25) is 10.1 Å². The number of nitro groups is 1. The van der Waals surface area contributed by atoms with E-state index in [0.717, 1.165) is 0 Å². The maximum absolute atomic E-state index is 10.7. The Morgan fingerprint density at radius 1 is 1.44 bits per heavy atom. The Morgan fingerprint density at radius 2 is 2.12 bits per heavy atom. The quantitative estimate of drug-likeness (QED) is 0.470. The summed E-state index contributed by atoms with van der Waals surface area (Å²) in [6, 6.07) is 6.40. The number of aliphatic hydroxyl groups excluding tert-OH is 2. The Bertz CT molecular complexity index is 356. The summed E-state index contributed by atoms with van der Waals surface area (Å²) in [5, 5.41) is 31.1. The van der Waals surface area contributed by atoms with Gasteiger partial charge in [0.15, 0.2) is 0 Å². The molecule has 0 spiro atoms.